The predicted molar refractivity (Wildman–Crippen MR) is 64.7 cm³/mol. The summed E-state index contributed by atoms with van der Waals surface area (Å²) in [5, 5.41) is 0. The molecule has 0 unspecified atom stereocenters. The number of rotatable bonds is 4. The Kier molecular flexibility index (Phi) is 3.89. The summed E-state index contributed by atoms with van der Waals surface area (Å²) in [5.41, 5.74) is 1.12. The van der Waals surface area contributed by atoms with Gasteiger partial charge < -0.3 is 0 Å². The third-order valence-electron chi connectivity index (χ3n) is 2.43. The maximum absolute atomic E-state index is 10.4. The fourth-order valence-electron chi connectivity index (χ4n) is 1.41. The number of hydrogen-bond acceptors (Lipinski definition) is 4. The second-order valence-electron chi connectivity index (χ2n) is 3.79. The number of allylic oxidation sites excluding steroid dienone is 1. The van der Waals surface area contributed by atoms with Crippen LogP contribution in [0.2, 0.25) is 0 Å². The van der Waals surface area contributed by atoms with Gasteiger partial charge in [-0.3, -0.25) is 0 Å². The van der Waals surface area contributed by atoms with E-state index in [9.17, 15) is 9.59 Å². The lowest BCUT2D eigenvalue weighted by Gasteiger charge is -2.17. The lowest BCUT2D eigenvalue weighted by Crippen LogP contribution is -2.15. The van der Waals surface area contributed by atoms with Gasteiger partial charge in [-0.2, -0.15) is 9.98 Å². The molecule has 0 amide bonds. The molecule has 1 rings (SSSR count). The average molecular weight is 228 g/mol. The van der Waals surface area contributed by atoms with E-state index in [1.807, 2.05) is 13.0 Å². The molecule has 1 aromatic carbocycles. The molecule has 0 radical (unpaired) electrons. The van der Waals surface area contributed by atoms with Gasteiger partial charge in [0.2, 0.25) is 12.2 Å². The van der Waals surface area contributed by atoms with E-state index in [2.05, 4.69) is 16.6 Å². The Morgan fingerprint density at radius 3 is 2.35 bits per heavy atom. The fraction of sp³-hybridized carbons (Fsp3) is 0.231. The number of carbonyl (C=O) groups excluding carboxylic acids is 2. The number of nitrogens with zero attached hydrogens (tertiary/aromatic N) is 2. The Labute approximate surface area is 99.4 Å². The van der Waals surface area contributed by atoms with Crippen LogP contribution in [0.5, 0.6) is 0 Å². The standard InChI is InChI=1S/C13H12N2O2/c1-10(2)11-5-4-6-12(7-11)13(3,14-8-16)15-9-17/h4-7H,1H2,2-3H3. The Balaban J connectivity index is 3.38. The lowest BCUT2D eigenvalue weighted by molar-refractivity contribution is 0.492. The van der Waals surface area contributed by atoms with Gasteiger partial charge in [0, 0.05) is 5.56 Å². The zero-order valence-electron chi connectivity index (χ0n) is 9.73. The van der Waals surface area contributed by atoms with Crippen LogP contribution >= 0.6 is 0 Å². The molecule has 0 aliphatic carbocycles. The first-order chi connectivity index (χ1) is 8.03. The first kappa shape index (κ1) is 12.8. The molecular weight excluding hydrogens is 216 g/mol. The number of aliphatic imine (C=N–C) groups is 2. The topological polar surface area (TPSA) is 58.9 Å². The molecule has 0 saturated carbocycles. The number of hydrogen-bond donors (Lipinski definition) is 0. The highest BCUT2D eigenvalue weighted by atomic mass is 16.1. The van der Waals surface area contributed by atoms with E-state index in [-0.39, 0.29) is 0 Å². The van der Waals surface area contributed by atoms with Crippen LogP contribution < -0.4 is 0 Å². The summed E-state index contributed by atoms with van der Waals surface area (Å²) in [7, 11) is 0. The van der Waals surface area contributed by atoms with Crippen molar-refractivity contribution in [3.63, 3.8) is 0 Å². The quantitative estimate of drug-likeness (QED) is 0.587. The highest BCUT2D eigenvalue weighted by molar-refractivity contribution is 5.62. The highest BCUT2D eigenvalue weighted by Gasteiger charge is 2.25. The molecule has 0 aliphatic heterocycles. The average Bonchev–Trinajstić information content (AvgIpc) is 2.30. The molecule has 0 atom stereocenters. The van der Waals surface area contributed by atoms with Gasteiger partial charge in [0.15, 0.2) is 5.66 Å². The summed E-state index contributed by atoms with van der Waals surface area (Å²) in [4.78, 5) is 27.9. The van der Waals surface area contributed by atoms with Gasteiger partial charge in [0.1, 0.15) is 0 Å². The second kappa shape index (κ2) is 5.17. The predicted octanol–water partition coefficient (Wildman–Crippen LogP) is 2.56. The van der Waals surface area contributed by atoms with Gasteiger partial charge >= 0.3 is 0 Å². The maximum Gasteiger partial charge on any atom is 0.237 e. The minimum atomic E-state index is -1.27. The minimum absolute atomic E-state index is 0.615. The molecule has 17 heavy (non-hydrogen) atoms. The van der Waals surface area contributed by atoms with E-state index in [0.29, 0.717) is 5.56 Å². The molecule has 86 valence electrons. The van der Waals surface area contributed by atoms with Crippen molar-refractivity contribution in [1.82, 2.24) is 0 Å². The molecule has 0 saturated heterocycles. The van der Waals surface area contributed by atoms with Crippen LogP contribution in [0.15, 0.2) is 40.8 Å². The summed E-state index contributed by atoms with van der Waals surface area (Å²) in [6, 6.07) is 7.18. The van der Waals surface area contributed by atoms with Crippen molar-refractivity contribution >= 4 is 17.7 Å². The number of benzene rings is 1. The number of isocyanates is 2. The third-order valence-corrected chi connectivity index (χ3v) is 2.43. The van der Waals surface area contributed by atoms with Crippen LogP contribution in [-0.4, -0.2) is 12.2 Å². The summed E-state index contributed by atoms with van der Waals surface area (Å²) >= 11 is 0. The molecule has 0 aromatic heterocycles. The van der Waals surface area contributed by atoms with Crippen molar-refractivity contribution in [2.45, 2.75) is 19.5 Å². The smallest absolute Gasteiger partial charge is 0.211 e. The Morgan fingerprint density at radius 1 is 1.29 bits per heavy atom. The molecule has 4 heteroatoms. The van der Waals surface area contributed by atoms with Crippen LogP contribution in [0.3, 0.4) is 0 Å². The highest BCUT2D eigenvalue weighted by Crippen LogP contribution is 2.28. The zero-order chi connectivity index (χ0) is 12.9. The summed E-state index contributed by atoms with van der Waals surface area (Å²) < 4.78 is 0. The van der Waals surface area contributed by atoms with Gasteiger partial charge in [0.05, 0.1) is 0 Å². The molecule has 0 N–H and O–H groups in total. The van der Waals surface area contributed by atoms with Crippen LogP contribution in [-0.2, 0) is 15.3 Å². The van der Waals surface area contributed by atoms with Crippen LogP contribution in [0.25, 0.3) is 5.57 Å². The van der Waals surface area contributed by atoms with Gasteiger partial charge in [-0.25, -0.2) is 9.59 Å². The summed E-state index contributed by atoms with van der Waals surface area (Å²) in [5.74, 6) is 0. The Hall–Kier alpha value is -2.28. The molecule has 0 heterocycles. The van der Waals surface area contributed by atoms with Crippen molar-refractivity contribution in [3.05, 3.63) is 42.0 Å². The minimum Gasteiger partial charge on any atom is -0.211 e. The molecule has 1 aromatic rings. The van der Waals surface area contributed by atoms with E-state index in [4.69, 9.17) is 0 Å². The van der Waals surface area contributed by atoms with Crippen molar-refractivity contribution in [3.8, 4) is 0 Å². The lowest BCUT2D eigenvalue weighted by atomic mass is 9.98. The van der Waals surface area contributed by atoms with E-state index in [1.165, 1.54) is 12.2 Å². The van der Waals surface area contributed by atoms with Crippen molar-refractivity contribution < 1.29 is 9.59 Å². The fourth-order valence-corrected chi connectivity index (χ4v) is 1.41. The van der Waals surface area contributed by atoms with E-state index < -0.39 is 5.66 Å². The maximum atomic E-state index is 10.4. The van der Waals surface area contributed by atoms with Gasteiger partial charge in [-0.05, 0) is 25.5 Å². The van der Waals surface area contributed by atoms with Crippen LogP contribution in [0, 0.1) is 0 Å². The van der Waals surface area contributed by atoms with Gasteiger partial charge in [0.25, 0.3) is 0 Å². The third kappa shape index (κ3) is 2.85. The largest absolute Gasteiger partial charge is 0.237 e. The van der Waals surface area contributed by atoms with Crippen molar-refractivity contribution in [2.24, 2.45) is 9.98 Å². The normalized spacial score (nSPS) is 12.8. The molecular formula is C13H12N2O2. The molecule has 0 fully saturated rings. The van der Waals surface area contributed by atoms with Crippen molar-refractivity contribution in [2.75, 3.05) is 0 Å². The van der Waals surface area contributed by atoms with E-state index in [1.54, 1.807) is 25.1 Å². The summed E-state index contributed by atoms with van der Waals surface area (Å²) in [6.45, 7) is 7.23. The first-order valence-electron chi connectivity index (χ1n) is 4.98. The monoisotopic (exact) mass is 228 g/mol. The molecule has 0 bridgehead atoms. The van der Waals surface area contributed by atoms with Gasteiger partial charge in [-0.15, -0.1) is 0 Å². The van der Waals surface area contributed by atoms with Crippen molar-refractivity contribution in [1.29, 1.82) is 0 Å². The Morgan fingerprint density at radius 2 is 1.88 bits per heavy atom. The molecule has 4 nitrogen and oxygen atoms in total. The van der Waals surface area contributed by atoms with Crippen LogP contribution in [0.4, 0.5) is 0 Å². The first-order valence-corrected chi connectivity index (χ1v) is 4.98. The van der Waals surface area contributed by atoms with Gasteiger partial charge in [-0.1, -0.05) is 30.4 Å². The second-order valence-corrected chi connectivity index (χ2v) is 3.79. The summed E-state index contributed by atoms with van der Waals surface area (Å²) in [6.07, 6.45) is 2.84. The molecule has 0 aliphatic rings. The van der Waals surface area contributed by atoms with E-state index in [0.717, 1.165) is 11.1 Å². The zero-order valence-corrected chi connectivity index (χ0v) is 9.73. The SMILES string of the molecule is C=C(C)c1cccc(C(C)(N=C=O)N=C=O)c1. The molecule has 0 spiro atoms. The Bertz CT molecular complexity index is 518. The van der Waals surface area contributed by atoms with Crippen LogP contribution in [0.1, 0.15) is 25.0 Å². The van der Waals surface area contributed by atoms with E-state index >= 15 is 0 Å².